The Hall–Kier alpha value is -1.13. The van der Waals surface area contributed by atoms with Crippen LogP contribution in [0.3, 0.4) is 0 Å². The van der Waals surface area contributed by atoms with E-state index >= 15 is 0 Å². The molecule has 0 aliphatic rings. The van der Waals surface area contributed by atoms with Crippen LogP contribution >= 0.6 is 35.7 Å². The molecular weight excluding hydrogens is 496 g/mol. The van der Waals surface area contributed by atoms with Crippen LogP contribution in [0.5, 0.6) is 0 Å². The maximum Gasteiger partial charge on any atom is 0.191 e. The van der Waals surface area contributed by atoms with Gasteiger partial charge in [0.15, 0.2) is 5.96 Å². The molecule has 2 aromatic carbocycles. The maximum absolute atomic E-state index is 12.8. The molecular formula is C19H25FIN3OS2. The zero-order chi connectivity index (χ0) is 18.6. The first-order valence-electron chi connectivity index (χ1n) is 8.45. The number of nitrogens with zero attached hydrogens (tertiary/aromatic N) is 1. The van der Waals surface area contributed by atoms with Crippen LogP contribution in [0.4, 0.5) is 4.39 Å². The molecule has 27 heavy (non-hydrogen) atoms. The van der Waals surface area contributed by atoms with Crippen molar-refractivity contribution < 1.29 is 8.60 Å². The third-order valence-electron chi connectivity index (χ3n) is 3.51. The molecule has 0 saturated carbocycles. The van der Waals surface area contributed by atoms with Gasteiger partial charge in [-0.05, 0) is 48.6 Å². The highest BCUT2D eigenvalue weighted by molar-refractivity contribution is 14.0. The Morgan fingerprint density at radius 3 is 2.41 bits per heavy atom. The first-order chi connectivity index (χ1) is 12.7. The Balaban J connectivity index is 0.00000364. The smallest absolute Gasteiger partial charge is 0.191 e. The lowest BCUT2D eigenvalue weighted by atomic mass is 10.4. The molecule has 0 aliphatic carbocycles. The van der Waals surface area contributed by atoms with E-state index in [0.29, 0.717) is 18.3 Å². The largest absolute Gasteiger partial charge is 0.356 e. The van der Waals surface area contributed by atoms with Crippen molar-refractivity contribution in [3.8, 4) is 0 Å². The van der Waals surface area contributed by atoms with Crippen LogP contribution in [0.2, 0.25) is 0 Å². The highest BCUT2D eigenvalue weighted by atomic mass is 127. The van der Waals surface area contributed by atoms with Gasteiger partial charge in [-0.3, -0.25) is 9.20 Å². The first-order valence-corrected chi connectivity index (χ1v) is 10.8. The maximum atomic E-state index is 12.8. The predicted octanol–water partition coefficient (Wildman–Crippen LogP) is 3.90. The van der Waals surface area contributed by atoms with Crippen molar-refractivity contribution in [3.63, 3.8) is 0 Å². The average Bonchev–Trinajstić information content (AvgIpc) is 2.68. The van der Waals surface area contributed by atoms with Crippen molar-refractivity contribution in [2.75, 3.05) is 31.6 Å². The summed E-state index contributed by atoms with van der Waals surface area (Å²) in [4.78, 5) is 6.08. The van der Waals surface area contributed by atoms with Gasteiger partial charge in [0, 0.05) is 35.7 Å². The van der Waals surface area contributed by atoms with Crippen molar-refractivity contribution in [2.24, 2.45) is 4.99 Å². The number of rotatable bonds is 9. The Kier molecular flexibility index (Phi) is 12.4. The fraction of sp³-hybridized carbons (Fsp3) is 0.316. The van der Waals surface area contributed by atoms with Crippen LogP contribution in [-0.4, -0.2) is 41.8 Å². The summed E-state index contributed by atoms with van der Waals surface area (Å²) < 4.78 is 25.0. The number of aliphatic imine (C=N–C) groups is 1. The van der Waals surface area contributed by atoms with Gasteiger partial charge in [-0.15, -0.1) is 35.7 Å². The number of benzene rings is 2. The summed E-state index contributed by atoms with van der Waals surface area (Å²) >= 11 is 1.70. The Morgan fingerprint density at radius 2 is 1.74 bits per heavy atom. The molecule has 0 radical (unpaired) electrons. The second-order valence-electron chi connectivity index (χ2n) is 5.44. The third-order valence-corrected chi connectivity index (χ3v) is 5.98. The minimum absolute atomic E-state index is 0. The highest BCUT2D eigenvalue weighted by Gasteiger charge is 2.03. The van der Waals surface area contributed by atoms with E-state index in [1.54, 1.807) is 30.9 Å². The number of hydrogen-bond donors (Lipinski definition) is 2. The number of nitrogens with one attached hydrogen (secondary N) is 2. The van der Waals surface area contributed by atoms with Gasteiger partial charge in [0.2, 0.25) is 0 Å². The molecule has 0 fully saturated rings. The second kappa shape index (κ2) is 14.0. The topological polar surface area (TPSA) is 53.5 Å². The van der Waals surface area contributed by atoms with Crippen molar-refractivity contribution in [1.29, 1.82) is 0 Å². The summed E-state index contributed by atoms with van der Waals surface area (Å²) in [7, 11) is 0.710. The molecule has 0 bridgehead atoms. The average molecular weight is 521 g/mol. The monoisotopic (exact) mass is 521 g/mol. The summed E-state index contributed by atoms with van der Waals surface area (Å²) in [5, 5.41) is 6.43. The van der Waals surface area contributed by atoms with Crippen LogP contribution in [-0.2, 0) is 10.8 Å². The summed E-state index contributed by atoms with van der Waals surface area (Å²) in [5.41, 5.74) is 0. The van der Waals surface area contributed by atoms with Crippen LogP contribution in [0.25, 0.3) is 0 Å². The van der Waals surface area contributed by atoms with E-state index in [1.807, 2.05) is 30.3 Å². The van der Waals surface area contributed by atoms with Crippen molar-refractivity contribution >= 4 is 52.5 Å². The Bertz CT molecular complexity index is 715. The molecule has 2 rings (SSSR count). The number of thioether (sulfide) groups is 1. The van der Waals surface area contributed by atoms with E-state index in [-0.39, 0.29) is 29.8 Å². The fourth-order valence-electron chi connectivity index (χ4n) is 2.17. The molecule has 2 aromatic rings. The third kappa shape index (κ3) is 9.57. The molecule has 0 spiro atoms. The second-order valence-corrected chi connectivity index (χ2v) is 8.18. The summed E-state index contributed by atoms with van der Waals surface area (Å²) in [5.74, 6) is 1.97. The molecule has 4 nitrogen and oxygen atoms in total. The summed E-state index contributed by atoms with van der Waals surface area (Å²) in [6.07, 6.45) is 0.957. The van der Waals surface area contributed by atoms with E-state index in [9.17, 15) is 8.60 Å². The predicted molar refractivity (Wildman–Crippen MR) is 124 cm³/mol. The molecule has 0 amide bonds. The lowest BCUT2D eigenvalue weighted by Crippen LogP contribution is -2.39. The van der Waals surface area contributed by atoms with Gasteiger partial charge in [-0.25, -0.2) is 4.39 Å². The Morgan fingerprint density at radius 1 is 1.07 bits per heavy atom. The quantitative estimate of drug-likeness (QED) is 0.173. The van der Waals surface area contributed by atoms with Crippen LogP contribution in [0, 0.1) is 5.82 Å². The minimum Gasteiger partial charge on any atom is -0.356 e. The lowest BCUT2D eigenvalue weighted by Gasteiger charge is -2.11. The molecule has 0 aromatic heterocycles. The van der Waals surface area contributed by atoms with Gasteiger partial charge in [0.05, 0.1) is 10.8 Å². The van der Waals surface area contributed by atoms with E-state index in [4.69, 9.17) is 0 Å². The van der Waals surface area contributed by atoms with E-state index < -0.39 is 10.8 Å². The standard InChI is InChI=1S/C19H24FN3OS2.HI/c1-21-19(23-13-15-26(24)18-6-3-2-4-7-18)22-12-5-14-25-17-10-8-16(20)9-11-17;/h2-4,6-11H,5,12-15H2,1H3,(H2,21,22,23);1H. The van der Waals surface area contributed by atoms with Gasteiger partial charge >= 0.3 is 0 Å². The fourth-order valence-corrected chi connectivity index (χ4v) is 4.01. The highest BCUT2D eigenvalue weighted by Crippen LogP contribution is 2.18. The normalized spacial score (nSPS) is 12.1. The number of hydrogen-bond acceptors (Lipinski definition) is 3. The summed E-state index contributed by atoms with van der Waals surface area (Å²) in [6, 6.07) is 16.0. The number of halogens is 2. The van der Waals surface area contributed by atoms with E-state index in [2.05, 4.69) is 15.6 Å². The van der Waals surface area contributed by atoms with Crippen molar-refractivity contribution in [3.05, 3.63) is 60.4 Å². The zero-order valence-corrected chi connectivity index (χ0v) is 19.2. The van der Waals surface area contributed by atoms with Crippen LogP contribution in [0.15, 0.2) is 69.4 Å². The van der Waals surface area contributed by atoms with Gasteiger partial charge in [-0.1, -0.05) is 18.2 Å². The molecule has 0 saturated heterocycles. The SMILES string of the molecule is CN=C(NCCCSc1ccc(F)cc1)NCCS(=O)c1ccccc1.I. The van der Waals surface area contributed by atoms with Crippen molar-refractivity contribution in [1.82, 2.24) is 10.6 Å². The van der Waals surface area contributed by atoms with Gasteiger partial charge in [0.25, 0.3) is 0 Å². The first kappa shape index (κ1) is 23.9. The lowest BCUT2D eigenvalue weighted by molar-refractivity contribution is 0.626. The summed E-state index contributed by atoms with van der Waals surface area (Å²) in [6.45, 7) is 1.38. The molecule has 1 atom stereocenters. The Labute approximate surface area is 184 Å². The van der Waals surface area contributed by atoms with Crippen LogP contribution in [0.1, 0.15) is 6.42 Å². The number of guanidine groups is 1. The molecule has 0 aliphatic heterocycles. The molecule has 1 unspecified atom stereocenters. The molecule has 2 N–H and O–H groups in total. The van der Waals surface area contributed by atoms with Gasteiger partial charge < -0.3 is 10.6 Å². The van der Waals surface area contributed by atoms with E-state index in [1.165, 1.54) is 12.1 Å². The van der Waals surface area contributed by atoms with E-state index in [0.717, 1.165) is 28.5 Å². The molecule has 8 heteroatoms. The van der Waals surface area contributed by atoms with Crippen molar-refractivity contribution in [2.45, 2.75) is 16.2 Å². The zero-order valence-electron chi connectivity index (χ0n) is 15.2. The van der Waals surface area contributed by atoms with Gasteiger partial charge in [0.1, 0.15) is 5.82 Å². The van der Waals surface area contributed by atoms with Gasteiger partial charge in [-0.2, -0.15) is 0 Å². The molecule has 148 valence electrons. The molecule has 0 heterocycles. The minimum atomic E-state index is -1.01. The van der Waals surface area contributed by atoms with Crippen LogP contribution < -0.4 is 10.6 Å².